The van der Waals surface area contributed by atoms with E-state index in [2.05, 4.69) is 10.1 Å². The van der Waals surface area contributed by atoms with E-state index in [1.807, 2.05) is 0 Å². The molecule has 1 atom stereocenters. The number of ether oxygens (including phenoxy) is 2. The highest BCUT2D eigenvalue weighted by atomic mass is 16.6. The Morgan fingerprint density at radius 1 is 1.32 bits per heavy atom. The van der Waals surface area contributed by atoms with E-state index in [0.717, 1.165) is 5.56 Å². The average molecular weight is 305 g/mol. The zero-order chi connectivity index (χ0) is 16.5. The van der Waals surface area contributed by atoms with Crippen molar-refractivity contribution in [2.24, 2.45) is 0 Å². The minimum Gasteiger partial charge on any atom is -0.444 e. The molecule has 1 heterocycles. The lowest BCUT2D eigenvalue weighted by molar-refractivity contribution is -0.152. The minimum absolute atomic E-state index is 0.0527. The second-order valence-corrected chi connectivity index (χ2v) is 6.25. The molecule has 1 fully saturated rings. The number of carbonyl (C=O) groups is 3. The Labute approximate surface area is 128 Å². The first-order valence-corrected chi connectivity index (χ1v) is 7.01. The van der Waals surface area contributed by atoms with Crippen LogP contribution in [0.2, 0.25) is 0 Å². The van der Waals surface area contributed by atoms with Crippen LogP contribution < -0.4 is 5.32 Å². The Morgan fingerprint density at radius 3 is 2.50 bits per heavy atom. The monoisotopic (exact) mass is 305 g/mol. The Balaban J connectivity index is 2.12. The van der Waals surface area contributed by atoms with Crippen molar-refractivity contribution in [1.82, 2.24) is 0 Å². The second kappa shape index (κ2) is 5.79. The normalized spacial score (nSPS) is 18.1. The van der Waals surface area contributed by atoms with E-state index in [0.29, 0.717) is 11.3 Å². The largest absolute Gasteiger partial charge is 0.444 e. The number of esters is 2. The molecule has 6 nitrogen and oxygen atoms in total. The Kier molecular flexibility index (Phi) is 4.21. The van der Waals surface area contributed by atoms with E-state index >= 15 is 0 Å². The predicted molar refractivity (Wildman–Crippen MR) is 79.5 cm³/mol. The van der Waals surface area contributed by atoms with Gasteiger partial charge in [0.1, 0.15) is 5.60 Å². The number of hydrogen-bond donors (Lipinski definition) is 1. The Hall–Kier alpha value is -2.37. The van der Waals surface area contributed by atoms with Crippen LogP contribution >= 0.6 is 0 Å². The molecule has 1 N–H and O–H groups in total. The number of aryl methyl sites for hydroxylation is 1. The highest BCUT2D eigenvalue weighted by Gasteiger charge is 2.34. The quantitative estimate of drug-likeness (QED) is 0.671. The first-order valence-electron chi connectivity index (χ1n) is 7.01. The van der Waals surface area contributed by atoms with Gasteiger partial charge < -0.3 is 9.47 Å². The van der Waals surface area contributed by atoms with Crippen LogP contribution in [0, 0.1) is 6.92 Å². The molecule has 1 aromatic carbocycles. The summed E-state index contributed by atoms with van der Waals surface area (Å²) in [5.41, 5.74) is 1.49. The van der Waals surface area contributed by atoms with E-state index in [1.165, 1.54) is 0 Å². The molecule has 0 spiro atoms. The minimum atomic E-state index is -0.577. The number of nitrogens with one attached hydrogen (secondary N) is 1. The van der Waals surface area contributed by atoms with Crippen molar-refractivity contribution < 1.29 is 23.9 Å². The number of cyclic esters (lactones) is 2. The molecule has 22 heavy (non-hydrogen) atoms. The van der Waals surface area contributed by atoms with Crippen molar-refractivity contribution in [2.75, 3.05) is 5.32 Å². The van der Waals surface area contributed by atoms with E-state index < -0.39 is 29.6 Å². The fourth-order valence-electron chi connectivity index (χ4n) is 2.19. The van der Waals surface area contributed by atoms with Gasteiger partial charge in [0.05, 0.1) is 12.3 Å². The van der Waals surface area contributed by atoms with Crippen molar-refractivity contribution in [3.8, 4) is 0 Å². The molecule has 1 unspecified atom stereocenters. The lowest BCUT2D eigenvalue weighted by atomic mass is 9.95. The van der Waals surface area contributed by atoms with Crippen molar-refractivity contribution in [3.63, 3.8) is 0 Å². The van der Waals surface area contributed by atoms with Gasteiger partial charge >= 0.3 is 18.0 Å². The Morgan fingerprint density at radius 2 is 2.00 bits per heavy atom. The van der Waals surface area contributed by atoms with Crippen molar-refractivity contribution >= 4 is 23.7 Å². The lowest BCUT2D eigenvalue weighted by Gasteiger charge is -2.20. The zero-order valence-corrected chi connectivity index (χ0v) is 13.1. The predicted octanol–water partition coefficient (Wildman–Crippen LogP) is 2.90. The highest BCUT2D eigenvalue weighted by molar-refractivity contribution is 5.98. The molecule has 1 aliphatic heterocycles. The van der Waals surface area contributed by atoms with Gasteiger partial charge in [-0.25, -0.2) is 4.79 Å². The molecule has 1 saturated heterocycles. The van der Waals surface area contributed by atoms with Crippen LogP contribution in [0.25, 0.3) is 0 Å². The molecule has 2 rings (SSSR count). The summed E-state index contributed by atoms with van der Waals surface area (Å²) in [6.45, 7) is 7.15. The van der Waals surface area contributed by atoms with Crippen molar-refractivity contribution in [3.05, 3.63) is 29.3 Å². The van der Waals surface area contributed by atoms with E-state index in [9.17, 15) is 14.4 Å². The molecule has 6 heteroatoms. The third-order valence-corrected chi connectivity index (χ3v) is 3.16. The summed E-state index contributed by atoms with van der Waals surface area (Å²) in [4.78, 5) is 34.5. The molecular formula is C16H19NO5. The van der Waals surface area contributed by atoms with Crippen LogP contribution in [-0.4, -0.2) is 23.6 Å². The fraction of sp³-hybridized carbons (Fsp3) is 0.438. The number of hydrogen-bond acceptors (Lipinski definition) is 5. The summed E-state index contributed by atoms with van der Waals surface area (Å²) < 4.78 is 9.74. The molecular weight excluding hydrogens is 286 g/mol. The number of amides is 1. The van der Waals surface area contributed by atoms with Crippen LogP contribution in [0.1, 0.15) is 44.2 Å². The standard InChI is InChI=1S/C16H19NO5/c1-9-7-10(11-8-13(18)21-14(11)19)5-6-12(9)17-15(20)22-16(2,3)4/h5-7,11H,8H2,1-4H3,(H,17,20). The first-order chi connectivity index (χ1) is 10.2. The van der Waals surface area contributed by atoms with E-state index in [1.54, 1.807) is 45.9 Å². The van der Waals surface area contributed by atoms with Crippen LogP contribution in [0.15, 0.2) is 18.2 Å². The van der Waals surface area contributed by atoms with Crippen molar-refractivity contribution in [1.29, 1.82) is 0 Å². The van der Waals surface area contributed by atoms with Gasteiger partial charge in [-0.2, -0.15) is 0 Å². The van der Waals surface area contributed by atoms with E-state index in [4.69, 9.17) is 4.74 Å². The molecule has 0 aliphatic carbocycles. The lowest BCUT2D eigenvalue weighted by Crippen LogP contribution is -2.27. The number of anilines is 1. The summed E-state index contributed by atoms with van der Waals surface area (Å²) in [7, 11) is 0. The molecule has 0 aromatic heterocycles. The van der Waals surface area contributed by atoms with E-state index in [-0.39, 0.29) is 6.42 Å². The molecule has 0 saturated carbocycles. The van der Waals surface area contributed by atoms with Crippen LogP contribution in [0.3, 0.4) is 0 Å². The summed E-state index contributed by atoms with van der Waals surface area (Å²) in [6, 6.07) is 5.14. The van der Waals surface area contributed by atoms with Gasteiger partial charge in [0.2, 0.25) is 0 Å². The van der Waals surface area contributed by atoms with Gasteiger partial charge in [0.15, 0.2) is 0 Å². The molecule has 1 aliphatic rings. The molecule has 118 valence electrons. The van der Waals surface area contributed by atoms with Crippen molar-refractivity contribution in [2.45, 2.75) is 45.6 Å². The second-order valence-electron chi connectivity index (χ2n) is 6.25. The van der Waals surface area contributed by atoms with Crippen LogP contribution in [-0.2, 0) is 19.1 Å². The number of rotatable bonds is 2. The third kappa shape index (κ3) is 3.84. The fourth-order valence-corrected chi connectivity index (χ4v) is 2.19. The summed E-state index contributed by atoms with van der Waals surface area (Å²) in [5.74, 6) is -1.61. The maximum absolute atomic E-state index is 11.8. The van der Waals surface area contributed by atoms with Gasteiger partial charge in [-0.05, 0) is 44.9 Å². The first kappa shape index (κ1) is 16.0. The molecule has 1 amide bonds. The average Bonchev–Trinajstić information content (AvgIpc) is 2.68. The molecule has 1 aromatic rings. The summed E-state index contributed by atoms with van der Waals surface area (Å²) >= 11 is 0. The maximum atomic E-state index is 11.8. The zero-order valence-electron chi connectivity index (χ0n) is 13.1. The maximum Gasteiger partial charge on any atom is 0.412 e. The number of benzene rings is 1. The van der Waals surface area contributed by atoms with Crippen LogP contribution in [0.4, 0.5) is 10.5 Å². The van der Waals surface area contributed by atoms with Gasteiger partial charge in [-0.15, -0.1) is 0 Å². The smallest absolute Gasteiger partial charge is 0.412 e. The molecule has 0 bridgehead atoms. The number of carbonyl (C=O) groups excluding carboxylic acids is 3. The summed E-state index contributed by atoms with van der Waals surface area (Å²) in [6.07, 6.45) is -0.490. The SMILES string of the molecule is Cc1cc(C2CC(=O)OC2=O)ccc1NC(=O)OC(C)(C)C. The van der Waals surface area contributed by atoms with Gasteiger partial charge in [-0.1, -0.05) is 12.1 Å². The third-order valence-electron chi connectivity index (χ3n) is 3.16. The summed E-state index contributed by atoms with van der Waals surface area (Å²) in [5, 5.41) is 2.66. The van der Waals surface area contributed by atoms with Gasteiger partial charge in [-0.3, -0.25) is 14.9 Å². The highest BCUT2D eigenvalue weighted by Crippen LogP contribution is 2.30. The van der Waals surface area contributed by atoms with Gasteiger partial charge in [0, 0.05) is 5.69 Å². The van der Waals surface area contributed by atoms with Gasteiger partial charge in [0.25, 0.3) is 0 Å². The van der Waals surface area contributed by atoms with Crippen LogP contribution in [0.5, 0.6) is 0 Å². The Bertz CT molecular complexity index is 630. The topological polar surface area (TPSA) is 81.7 Å². The molecule has 0 radical (unpaired) electrons.